The lowest BCUT2D eigenvalue weighted by atomic mass is 9.92. The van der Waals surface area contributed by atoms with Crippen LogP contribution in [0.3, 0.4) is 0 Å². The zero-order valence-electron chi connectivity index (χ0n) is 13.5. The van der Waals surface area contributed by atoms with Crippen LogP contribution < -0.4 is 10.6 Å². The van der Waals surface area contributed by atoms with Gasteiger partial charge in [-0.2, -0.15) is 0 Å². The fourth-order valence-corrected chi connectivity index (χ4v) is 2.47. The Hall–Kier alpha value is -1.32. The maximum absolute atomic E-state index is 4.64. The molecule has 1 heterocycles. The summed E-state index contributed by atoms with van der Waals surface area (Å²) in [7, 11) is 0. The van der Waals surface area contributed by atoms with Crippen molar-refractivity contribution in [1.82, 2.24) is 9.97 Å². The number of aromatic nitrogens is 2. The fraction of sp³-hybridized carbons (Fsp3) is 0.750. The van der Waals surface area contributed by atoms with Gasteiger partial charge in [-0.15, -0.1) is 0 Å². The van der Waals surface area contributed by atoms with Crippen molar-refractivity contribution < 1.29 is 0 Å². The number of nitrogens with zero attached hydrogens (tertiary/aromatic N) is 2. The largest absolute Gasteiger partial charge is 0.370 e. The van der Waals surface area contributed by atoms with Crippen LogP contribution in [0.5, 0.6) is 0 Å². The van der Waals surface area contributed by atoms with Gasteiger partial charge in [0.05, 0.1) is 0 Å². The summed E-state index contributed by atoms with van der Waals surface area (Å²) in [5.74, 6) is 3.85. The normalized spacial score (nSPS) is 16.6. The van der Waals surface area contributed by atoms with Crippen molar-refractivity contribution in [3.63, 3.8) is 0 Å². The van der Waals surface area contributed by atoms with Gasteiger partial charge in [0.1, 0.15) is 17.5 Å². The second-order valence-electron chi connectivity index (χ2n) is 6.55. The summed E-state index contributed by atoms with van der Waals surface area (Å²) in [6, 6.07) is 2.02. The number of nitrogens with one attached hydrogen (secondary N) is 2. The summed E-state index contributed by atoms with van der Waals surface area (Å²) in [6.45, 7) is 12.9. The molecule has 1 aliphatic carbocycles. The molecule has 1 saturated carbocycles. The second-order valence-corrected chi connectivity index (χ2v) is 6.55. The Bertz CT molecular complexity index is 450. The molecule has 1 fully saturated rings. The van der Waals surface area contributed by atoms with E-state index in [-0.39, 0.29) is 0 Å². The van der Waals surface area contributed by atoms with Crippen molar-refractivity contribution in [1.29, 1.82) is 0 Å². The summed E-state index contributed by atoms with van der Waals surface area (Å²) in [5.41, 5.74) is 0.487. The maximum Gasteiger partial charge on any atom is 0.135 e. The van der Waals surface area contributed by atoms with Gasteiger partial charge in [0.15, 0.2) is 0 Å². The predicted octanol–water partition coefficient (Wildman–Crippen LogP) is 3.88. The average molecular weight is 276 g/mol. The number of anilines is 2. The van der Waals surface area contributed by atoms with E-state index in [2.05, 4.69) is 55.2 Å². The highest BCUT2D eigenvalue weighted by Gasteiger charge is 2.44. The fourth-order valence-electron chi connectivity index (χ4n) is 2.47. The van der Waals surface area contributed by atoms with Crippen LogP contribution in [0.1, 0.15) is 59.2 Å². The third kappa shape index (κ3) is 3.41. The molecule has 1 aromatic rings. The van der Waals surface area contributed by atoms with Gasteiger partial charge in [0.2, 0.25) is 0 Å². The van der Waals surface area contributed by atoms with Gasteiger partial charge in [-0.25, -0.2) is 9.97 Å². The van der Waals surface area contributed by atoms with Gasteiger partial charge in [-0.3, -0.25) is 0 Å². The van der Waals surface area contributed by atoms with Crippen LogP contribution in [0, 0.1) is 11.3 Å². The van der Waals surface area contributed by atoms with Crippen LogP contribution in [-0.2, 0) is 0 Å². The van der Waals surface area contributed by atoms with Crippen LogP contribution in [0.15, 0.2) is 6.07 Å². The van der Waals surface area contributed by atoms with Crippen molar-refractivity contribution in [3.8, 4) is 0 Å². The average Bonchev–Trinajstić information content (AvgIpc) is 3.17. The molecule has 0 amide bonds. The molecule has 0 bridgehead atoms. The van der Waals surface area contributed by atoms with E-state index in [9.17, 15) is 0 Å². The van der Waals surface area contributed by atoms with Crippen LogP contribution in [0.4, 0.5) is 11.6 Å². The first-order valence-electron chi connectivity index (χ1n) is 7.83. The van der Waals surface area contributed by atoms with Crippen molar-refractivity contribution in [2.45, 2.75) is 53.4 Å². The lowest BCUT2D eigenvalue weighted by molar-refractivity contribution is 0.380. The molecule has 112 valence electrons. The first kappa shape index (κ1) is 15.1. The molecule has 2 rings (SSSR count). The Labute approximate surface area is 122 Å². The molecule has 4 heteroatoms. The van der Waals surface area contributed by atoms with Gasteiger partial charge >= 0.3 is 0 Å². The first-order chi connectivity index (χ1) is 9.47. The van der Waals surface area contributed by atoms with Gasteiger partial charge in [-0.1, -0.05) is 27.7 Å². The summed E-state index contributed by atoms with van der Waals surface area (Å²) < 4.78 is 0. The van der Waals surface area contributed by atoms with Crippen LogP contribution >= 0.6 is 0 Å². The number of rotatable bonds is 7. The smallest absolute Gasteiger partial charge is 0.135 e. The Morgan fingerprint density at radius 1 is 1.10 bits per heavy atom. The van der Waals surface area contributed by atoms with Crippen LogP contribution in [0.2, 0.25) is 0 Å². The number of hydrogen-bond acceptors (Lipinski definition) is 4. The van der Waals surface area contributed by atoms with E-state index in [0.717, 1.165) is 36.5 Å². The van der Waals surface area contributed by atoms with Gasteiger partial charge in [0, 0.05) is 25.1 Å². The maximum atomic E-state index is 4.64. The third-order valence-corrected chi connectivity index (χ3v) is 4.36. The van der Waals surface area contributed by atoms with E-state index in [0.29, 0.717) is 11.3 Å². The molecule has 1 aliphatic rings. The molecule has 0 aromatic carbocycles. The monoisotopic (exact) mass is 276 g/mol. The highest BCUT2D eigenvalue weighted by atomic mass is 15.1. The van der Waals surface area contributed by atoms with Crippen molar-refractivity contribution in [2.75, 3.05) is 23.7 Å². The van der Waals surface area contributed by atoms with Gasteiger partial charge in [-0.05, 0) is 31.1 Å². The summed E-state index contributed by atoms with van der Waals surface area (Å²) in [6.07, 6.45) is 2.67. The van der Waals surface area contributed by atoms with E-state index < -0.39 is 0 Å². The van der Waals surface area contributed by atoms with E-state index in [1.165, 1.54) is 12.8 Å². The molecule has 2 N–H and O–H groups in total. The van der Waals surface area contributed by atoms with Gasteiger partial charge < -0.3 is 10.6 Å². The SMILES string of the molecule is CCNc1cc(NCC2(C(C)C)CC2)nc(C(C)C)n1. The minimum Gasteiger partial charge on any atom is -0.370 e. The molecule has 20 heavy (non-hydrogen) atoms. The standard InChI is InChI=1S/C16H28N4/c1-6-17-13-9-14(20-15(19-13)11(2)3)18-10-16(7-8-16)12(4)5/h9,11-12H,6-8,10H2,1-5H3,(H2,17,18,19,20). The molecular weight excluding hydrogens is 248 g/mol. The third-order valence-electron chi connectivity index (χ3n) is 4.36. The predicted molar refractivity (Wildman–Crippen MR) is 85.3 cm³/mol. The van der Waals surface area contributed by atoms with Gasteiger partial charge in [0.25, 0.3) is 0 Å². The lowest BCUT2D eigenvalue weighted by Gasteiger charge is -2.21. The molecule has 0 aliphatic heterocycles. The van der Waals surface area contributed by atoms with E-state index in [1.54, 1.807) is 0 Å². The highest BCUT2D eigenvalue weighted by molar-refractivity contribution is 5.48. The van der Waals surface area contributed by atoms with E-state index >= 15 is 0 Å². The van der Waals surface area contributed by atoms with E-state index in [4.69, 9.17) is 0 Å². The summed E-state index contributed by atoms with van der Waals surface area (Å²) >= 11 is 0. The quantitative estimate of drug-likeness (QED) is 0.793. The second kappa shape index (κ2) is 5.98. The Morgan fingerprint density at radius 3 is 2.15 bits per heavy atom. The Morgan fingerprint density at radius 2 is 1.70 bits per heavy atom. The highest BCUT2D eigenvalue weighted by Crippen LogP contribution is 2.51. The number of hydrogen-bond donors (Lipinski definition) is 2. The molecule has 0 saturated heterocycles. The summed E-state index contributed by atoms with van der Waals surface area (Å²) in [5, 5.41) is 6.82. The molecule has 0 spiro atoms. The Kier molecular flexibility index (Phi) is 4.51. The molecular formula is C16H28N4. The first-order valence-corrected chi connectivity index (χ1v) is 7.83. The minimum atomic E-state index is 0.342. The zero-order chi connectivity index (χ0) is 14.8. The van der Waals surface area contributed by atoms with E-state index in [1.807, 2.05) is 6.07 Å². The zero-order valence-corrected chi connectivity index (χ0v) is 13.5. The molecule has 0 unspecified atom stereocenters. The molecule has 4 nitrogen and oxygen atoms in total. The van der Waals surface area contributed by atoms with Crippen LogP contribution in [0.25, 0.3) is 0 Å². The Balaban J connectivity index is 2.10. The molecule has 0 atom stereocenters. The summed E-state index contributed by atoms with van der Waals surface area (Å²) in [4.78, 5) is 9.20. The van der Waals surface area contributed by atoms with Crippen molar-refractivity contribution in [2.24, 2.45) is 11.3 Å². The minimum absolute atomic E-state index is 0.342. The molecule has 0 radical (unpaired) electrons. The topological polar surface area (TPSA) is 49.8 Å². The van der Waals surface area contributed by atoms with Crippen molar-refractivity contribution in [3.05, 3.63) is 11.9 Å². The lowest BCUT2D eigenvalue weighted by Crippen LogP contribution is -2.21. The molecule has 1 aromatic heterocycles. The van der Waals surface area contributed by atoms with Crippen molar-refractivity contribution >= 4 is 11.6 Å². The van der Waals surface area contributed by atoms with Crippen LogP contribution in [-0.4, -0.2) is 23.1 Å².